The number of nitrogens with two attached hydrogens (primary N) is 1. The summed E-state index contributed by atoms with van der Waals surface area (Å²) in [4.78, 5) is 48.9. The number of aromatic amines is 1. The molecule has 45 heavy (non-hydrogen) atoms. The van der Waals surface area contributed by atoms with E-state index in [1.807, 2.05) is 57.2 Å². The van der Waals surface area contributed by atoms with E-state index in [1.165, 1.54) is 14.0 Å². The van der Waals surface area contributed by atoms with Crippen molar-refractivity contribution < 1.29 is 19.1 Å². The molecule has 0 saturated heterocycles. The number of nitrogens with one attached hydrogen (secondary N) is 2. The molecule has 9 heteroatoms. The Balaban J connectivity index is 1.75. The molecule has 2 atom stereocenters. The zero-order chi connectivity index (χ0) is 32.7. The number of aryl methyl sites for hydroxylation is 2. The largest absolute Gasteiger partial charge is 0.496 e. The van der Waals surface area contributed by atoms with Gasteiger partial charge in [-0.25, -0.2) is 4.98 Å². The van der Waals surface area contributed by atoms with Crippen LogP contribution in [0.4, 0.5) is 0 Å². The topological polar surface area (TPSA) is 130 Å². The van der Waals surface area contributed by atoms with Crippen molar-refractivity contribution >= 4 is 17.6 Å². The van der Waals surface area contributed by atoms with Gasteiger partial charge in [0.1, 0.15) is 11.6 Å². The van der Waals surface area contributed by atoms with Crippen LogP contribution < -0.4 is 15.8 Å². The molecule has 4 N–H and O–H groups in total. The number of Topliss-reactive ketones (excluding diaryl/α,β-unsaturated/α-hetero) is 1. The lowest BCUT2D eigenvalue weighted by atomic mass is 9.93. The van der Waals surface area contributed by atoms with Gasteiger partial charge >= 0.3 is 0 Å². The average molecular weight is 610 g/mol. The highest BCUT2D eigenvalue weighted by molar-refractivity contribution is 5.97. The molecule has 0 saturated carbocycles. The number of amides is 2. The summed E-state index contributed by atoms with van der Waals surface area (Å²) in [6.07, 6.45) is 3.05. The number of aromatic nitrogens is 2. The molecule has 236 valence electrons. The van der Waals surface area contributed by atoms with Crippen molar-refractivity contribution in [3.8, 4) is 17.0 Å². The van der Waals surface area contributed by atoms with E-state index < -0.39 is 18.0 Å². The van der Waals surface area contributed by atoms with E-state index in [0.29, 0.717) is 35.7 Å². The average Bonchev–Trinajstić information content (AvgIpc) is 3.53. The fraction of sp³-hybridized carbons (Fsp3) is 0.333. The Kier molecular flexibility index (Phi) is 10.9. The number of nitrogens with zero attached hydrogens (tertiary/aromatic N) is 2. The summed E-state index contributed by atoms with van der Waals surface area (Å²) in [5, 5.41) is 3.47. The SMILES string of the molecule is CCCNC(Cc1c(C)cc(C(N)=O)cc1C)C(=O)N(Cc1ccc(OC)c(C(C)=O)c1)C(C)c1ncc(-c2ccccc2)[nH]1. The Bertz CT molecular complexity index is 1640. The van der Waals surface area contributed by atoms with Gasteiger partial charge in [0.2, 0.25) is 11.8 Å². The Hall–Kier alpha value is -4.76. The van der Waals surface area contributed by atoms with E-state index in [-0.39, 0.29) is 18.2 Å². The molecule has 0 fully saturated rings. The van der Waals surface area contributed by atoms with Crippen LogP contribution in [0.3, 0.4) is 0 Å². The lowest BCUT2D eigenvalue weighted by molar-refractivity contribution is -0.136. The van der Waals surface area contributed by atoms with Gasteiger partial charge in [0.25, 0.3) is 0 Å². The Labute approximate surface area is 265 Å². The first-order valence-corrected chi connectivity index (χ1v) is 15.3. The van der Waals surface area contributed by atoms with Crippen molar-refractivity contribution in [3.63, 3.8) is 0 Å². The van der Waals surface area contributed by atoms with Crippen LogP contribution in [0.2, 0.25) is 0 Å². The molecule has 0 radical (unpaired) electrons. The molecule has 0 aliphatic carbocycles. The summed E-state index contributed by atoms with van der Waals surface area (Å²) in [5.41, 5.74) is 11.9. The van der Waals surface area contributed by atoms with Crippen LogP contribution in [0.1, 0.15) is 82.0 Å². The number of ketones is 1. The van der Waals surface area contributed by atoms with Gasteiger partial charge in [0, 0.05) is 12.1 Å². The molecule has 0 bridgehead atoms. The van der Waals surface area contributed by atoms with Gasteiger partial charge in [0.15, 0.2) is 5.78 Å². The first-order chi connectivity index (χ1) is 21.5. The molecule has 0 aliphatic heterocycles. The standard InChI is InChI=1S/C36H43N5O4/c1-7-15-38-31(19-29-22(2)16-28(34(37)43)17-23(29)3)36(44)41(21-26-13-14-33(45-6)30(18-26)25(5)42)24(4)35-39-20-32(40-35)27-11-9-8-10-12-27/h8-14,16-18,20,24,31,38H,7,15,19,21H2,1-6H3,(H2,37,43)(H,39,40). The van der Waals surface area contributed by atoms with Crippen LogP contribution >= 0.6 is 0 Å². The summed E-state index contributed by atoms with van der Waals surface area (Å²) < 4.78 is 5.41. The molecule has 0 aliphatic rings. The fourth-order valence-corrected chi connectivity index (χ4v) is 5.62. The molecule has 9 nitrogen and oxygen atoms in total. The summed E-state index contributed by atoms with van der Waals surface area (Å²) in [5.74, 6) is 0.429. The Morgan fingerprint density at radius 2 is 1.73 bits per heavy atom. The van der Waals surface area contributed by atoms with Gasteiger partial charge < -0.3 is 25.7 Å². The number of methoxy groups -OCH3 is 1. The molecule has 3 aromatic carbocycles. The number of imidazole rings is 1. The third-order valence-electron chi connectivity index (χ3n) is 8.15. The number of hydrogen-bond acceptors (Lipinski definition) is 6. The minimum Gasteiger partial charge on any atom is -0.496 e. The molecule has 0 spiro atoms. The predicted octanol–water partition coefficient (Wildman–Crippen LogP) is 5.70. The third-order valence-corrected chi connectivity index (χ3v) is 8.15. The van der Waals surface area contributed by atoms with E-state index in [1.54, 1.807) is 35.4 Å². The number of H-pyrrole nitrogens is 1. The zero-order valence-electron chi connectivity index (χ0n) is 26.9. The van der Waals surface area contributed by atoms with Crippen molar-refractivity contribution in [2.24, 2.45) is 5.73 Å². The summed E-state index contributed by atoms with van der Waals surface area (Å²) in [7, 11) is 1.53. The molecular formula is C36H43N5O4. The molecule has 4 aromatic rings. The number of primary amides is 1. The number of benzene rings is 3. The summed E-state index contributed by atoms with van der Waals surface area (Å²) >= 11 is 0. The maximum atomic E-state index is 14.6. The number of hydrogen-bond donors (Lipinski definition) is 3. The first-order valence-electron chi connectivity index (χ1n) is 15.3. The maximum absolute atomic E-state index is 14.6. The van der Waals surface area contributed by atoms with E-state index >= 15 is 0 Å². The van der Waals surface area contributed by atoms with Gasteiger partial charge in [-0.15, -0.1) is 0 Å². The van der Waals surface area contributed by atoms with Crippen LogP contribution in [0.15, 0.2) is 66.9 Å². The molecule has 1 heterocycles. The highest BCUT2D eigenvalue weighted by Crippen LogP contribution is 2.28. The molecule has 1 aromatic heterocycles. The number of ether oxygens (including phenoxy) is 1. The Morgan fingerprint density at radius 1 is 1.04 bits per heavy atom. The van der Waals surface area contributed by atoms with E-state index in [9.17, 15) is 14.4 Å². The van der Waals surface area contributed by atoms with Crippen LogP contribution in [0.25, 0.3) is 11.3 Å². The quantitative estimate of drug-likeness (QED) is 0.157. The van der Waals surface area contributed by atoms with E-state index in [2.05, 4.69) is 22.2 Å². The second-order valence-corrected chi connectivity index (χ2v) is 11.4. The monoisotopic (exact) mass is 609 g/mol. The zero-order valence-corrected chi connectivity index (χ0v) is 26.9. The first kappa shape index (κ1) is 33.1. The van der Waals surface area contributed by atoms with E-state index in [0.717, 1.165) is 39.9 Å². The van der Waals surface area contributed by atoms with Crippen LogP contribution in [0.5, 0.6) is 5.75 Å². The van der Waals surface area contributed by atoms with Crippen LogP contribution in [-0.4, -0.2) is 52.2 Å². The molecule has 2 amide bonds. The normalized spacial score (nSPS) is 12.4. The molecular weight excluding hydrogens is 566 g/mol. The van der Waals surface area contributed by atoms with Gasteiger partial charge in [-0.05, 0) is 99.2 Å². The molecule has 4 rings (SSSR count). The lowest BCUT2D eigenvalue weighted by Gasteiger charge is -2.33. The van der Waals surface area contributed by atoms with Crippen molar-refractivity contribution in [3.05, 3.63) is 106 Å². The number of carbonyl (C=O) groups excluding carboxylic acids is 3. The van der Waals surface area contributed by atoms with Crippen molar-refractivity contribution in [1.82, 2.24) is 20.2 Å². The maximum Gasteiger partial charge on any atom is 0.248 e. The van der Waals surface area contributed by atoms with Gasteiger partial charge in [0.05, 0.1) is 36.6 Å². The second-order valence-electron chi connectivity index (χ2n) is 11.4. The molecule has 2 unspecified atom stereocenters. The van der Waals surface area contributed by atoms with Gasteiger partial charge in [-0.1, -0.05) is 43.3 Å². The third kappa shape index (κ3) is 7.85. The van der Waals surface area contributed by atoms with Crippen molar-refractivity contribution in [1.29, 1.82) is 0 Å². The highest BCUT2D eigenvalue weighted by atomic mass is 16.5. The van der Waals surface area contributed by atoms with Crippen LogP contribution in [-0.2, 0) is 17.8 Å². The summed E-state index contributed by atoms with van der Waals surface area (Å²) in [6, 6.07) is 17.9. The smallest absolute Gasteiger partial charge is 0.248 e. The van der Waals surface area contributed by atoms with Crippen LogP contribution in [0, 0.1) is 13.8 Å². The van der Waals surface area contributed by atoms with Gasteiger partial charge in [-0.2, -0.15) is 0 Å². The fourth-order valence-electron chi connectivity index (χ4n) is 5.62. The van der Waals surface area contributed by atoms with Crippen molar-refractivity contribution in [2.45, 2.75) is 66.1 Å². The highest BCUT2D eigenvalue weighted by Gasteiger charge is 2.31. The van der Waals surface area contributed by atoms with Gasteiger partial charge in [-0.3, -0.25) is 14.4 Å². The number of carbonyl (C=O) groups is 3. The van der Waals surface area contributed by atoms with E-state index in [4.69, 9.17) is 10.5 Å². The van der Waals surface area contributed by atoms with Crippen molar-refractivity contribution in [2.75, 3.05) is 13.7 Å². The summed E-state index contributed by atoms with van der Waals surface area (Å²) in [6.45, 7) is 10.3. The lowest BCUT2D eigenvalue weighted by Crippen LogP contribution is -2.48. The Morgan fingerprint density at radius 3 is 2.33 bits per heavy atom. The minimum absolute atomic E-state index is 0.105. The minimum atomic E-state index is -0.557. The second kappa shape index (κ2) is 14.8. The number of rotatable bonds is 14. The predicted molar refractivity (Wildman–Crippen MR) is 176 cm³/mol.